The Balaban J connectivity index is 2.01. The van der Waals surface area contributed by atoms with Crippen molar-refractivity contribution in [3.63, 3.8) is 0 Å². The number of hydrogen-bond donors (Lipinski definition) is 1. The number of fused-ring (bicyclic) bond motifs is 1. The van der Waals surface area contributed by atoms with Gasteiger partial charge < -0.3 is 0 Å². The Kier molecular flexibility index (Phi) is 6.62. The molecule has 0 unspecified atom stereocenters. The number of nitrogens with one attached hydrogen (secondary N) is 1. The number of nitrogens with zero attached hydrogens (tertiary/aromatic N) is 1. The highest BCUT2D eigenvalue weighted by molar-refractivity contribution is 7.14. The van der Waals surface area contributed by atoms with Gasteiger partial charge in [0.15, 0.2) is 0 Å². The molecule has 1 heterocycles. The van der Waals surface area contributed by atoms with Crippen molar-refractivity contribution >= 4 is 23.0 Å². The average Bonchev–Trinajstić information content (AvgIpc) is 2.95. The van der Waals surface area contributed by atoms with Gasteiger partial charge in [0.2, 0.25) is 0 Å². The first kappa shape index (κ1) is 17.2. The van der Waals surface area contributed by atoms with Crippen molar-refractivity contribution in [3.05, 3.63) is 21.4 Å². The first-order chi connectivity index (χ1) is 10.7. The summed E-state index contributed by atoms with van der Waals surface area (Å²) in [4.78, 5) is 14.5. The Hall–Kier alpha value is -1.16. The molecule has 1 aliphatic carbocycles. The number of amides is 1. The lowest BCUT2D eigenvalue weighted by molar-refractivity contribution is 0.0958. The second kappa shape index (κ2) is 8.47. The molecule has 2 rings (SSSR count). The van der Waals surface area contributed by atoms with Crippen LogP contribution in [0.4, 0.5) is 0 Å². The molecule has 0 bridgehead atoms. The fraction of sp³-hybridized carbons (Fsp3) is 0.667. The molecule has 1 atom stereocenters. The fourth-order valence-corrected chi connectivity index (χ4v) is 4.16. The van der Waals surface area contributed by atoms with Crippen LogP contribution in [0.1, 0.15) is 79.4 Å². The van der Waals surface area contributed by atoms with Gasteiger partial charge in [-0.2, -0.15) is 5.10 Å². The van der Waals surface area contributed by atoms with E-state index in [0.29, 0.717) is 0 Å². The van der Waals surface area contributed by atoms with Crippen LogP contribution in [0.15, 0.2) is 11.2 Å². The van der Waals surface area contributed by atoms with Gasteiger partial charge in [0.1, 0.15) is 0 Å². The predicted octanol–water partition coefficient (Wildman–Crippen LogP) is 4.95. The molecule has 122 valence electrons. The Bertz CT molecular complexity index is 525. The van der Waals surface area contributed by atoms with Crippen molar-refractivity contribution in [1.29, 1.82) is 0 Å². The van der Waals surface area contributed by atoms with Gasteiger partial charge >= 0.3 is 0 Å². The summed E-state index contributed by atoms with van der Waals surface area (Å²) >= 11 is 1.65. The minimum atomic E-state index is -0.0443. The number of thiophene rings is 1. The quantitative estimate of drug-likeness (QED) is 0.560. The lowest BCUT2D eigenvalue weighted by atomic mass is 9.87. The van der Waals surface area contributed by atoms with Crippen LogP contribution < -0.4 is 5.43 Å². The molecule has 22 heavy (non-hydrogen) atoms. The molecule has 3 nitrogen and oxygen atoms in total. The zero-order valence-corrected chi connectivity index (χ0v) is 14.9. The highest BCUT2D eigenvalue weighted by atomic mass is 32.1. The second-order valence-electron chi connectivity index (χ2n) is 6.20. The summed E-state index contributed by atoms with van der Waals surface area (Å²) in [6.45, 7) is 6.54. The molecule has 0 aromatic carbocycles. The Labute approximate surface area is 138 Å². The van der Waals surface area contributed by atoms with Crippen molar-refractivity contribution in [3.8, 4) is 0 Å². The van der Waals surface area contributed by atoms with Gasteiger partial charge in [-0.1, -0.05) is 40.0 Å². The van der Waals surface area contributed by atoms with E-state index in [1.165, 1.54) is 23.3 Å². The number of hydrazone groups is 1. The van der Waals surface area contributed by atoms with E-state index in [-0.39, 0.29) is 5.91 Å². The molecule has 0 aliphatic heterocycles. The summed E-state index contributed by atoms with van der Waals surface area (Å²) < 4.78 is 0. The molecule has 1 aromatic rings. The van der Waals surface area contributed by atoms with Crippen LogP contribution in [0.3, 0.4) is 0 Å². The third-order valence-corrected chi connectivity index (χ3v) is 5.61. The lowest BCUT2D eigenvalue weighted by Gasteiger charge is -2.19. The van der Waals surface area contributed by atoms with Gasteiger partial charge in [-0.15, -0.1) is 11.3 Å². The van der Waals surface area contributed by atoms with E-state index in [9.17, 15) is 4.79 Å². The largest absolute Gasteiger partial charge is 0.281 e. The average molecular weight is 321 g/mol. The highest BCUT2D eigenvalue weighted by Gasteiger charge is 2.21. The maximum Gasteiger partial charge on any atom is 0.281 e. The normalized spacial score (nSPS) is 17.0. The SMILES string of the molecule is CCCC(CCC)=NNC(=O)c1cc2c(s1)CC[C@@H](CC)C2. The van der Waals surface area contributed by atoms with Gasteiger partial charge in [0.05, 0.1) is 4.88 Å². The van der Waals surface area contributed by atoms with Crippen LogP contribution in [0.25, 0.3) is 0 Å². The Morgan fingerprint density at radius 3 is 2.68 bits per heavy atom. The van der Waals surface area contributed by atoms with Crippen molar-refractivity contribution in [2.24, 2.45) is 11.0 Å². The number of carbonyl (C=O) groups is 1. The molecular weight excluding hydrogens is 292 g/mol. The molecule has 1 aliphatic rings. The molecule has 0 spiro atoms. The predicted molar refractivity (Wildman–Crippen MR) is 94.8 cm³/mol. The van der Waals surface area contributed by atoms with Crippen LogP contribution in [-0.2, 0) is 12.8 Å². The van der Waals surface area contributed by atoms with E-state index < -0.39 is 0 Å². The molecule has 0 radical (unpaired) electrons. The minimum Gasteiger partial charge on any atom is -0.266 e. The van der Waals surface area contributed by atoms with Crippen molar-refractivity contribution in [2.45, 2.75) is 72.1 Å². The van der Waals surface area contributed by atoms with E-state index in [2.05, 4.69) is 37.4 Å². The molecule has 0 saturated heterocycles. The highest BCUT2D eigenvalue weighted by Crippen LogP contribution is 2.33. The monoisotopic (exact) mass is 320 g/mol. The second-order valence-corrected chi connectivity index (χ2v) is 7.33. The summed E-state index contributed by atoms with van der Waals surface area (Å²) in [5.41, 5.74) is 5.25. The molecule has 4 heteroatoms. The van der Waals surface area contributed by atoms with Gasteiger partial charge in [-0.05, 0) is 49.7 Å². The van der Waals surface area contributed by atoms with Gasteiger partial charge in [0, 0.05) is 10.6 Å². The first-order valence-corrected chi connectivity index (χ1v) is 9.46. The fourth-order valence-electron chi connectivity index (χ4n) is 3.06. The van der Waals surface area contributed by atoms with Gasteiger partial charge in [-0.3, -0.25) is 4.79 Å². The van der Waals surface area contributed by atoms with E-state index in [1.807, 2.05) is 0 Å². The summed E-state index contributed by atoms with van der Waals surface area (Å²) in [6.07, 6.45) is 8.84. The van der Waals surface area contributed by atoms with Crippen LogP contribution in [0.5, 0.6) is 0 Å². The molecule has 1 amide bonds. The van der Waals surface area contributed by atoms with Crippen molar-refractivity contribution in [1.82, 2.24) is 5.43 Å². The molecular formula is C18H28N2OS. The summed E-state index contributed by atoms with van der Waals surface area (Å²) in [7, 11) is 0. The maximum atomic E-state index is 12.3. The van der Waals surface area contributed by atoms with Crippen LogP contribution >= 0.6 is 11.3 Å². The smallest absolute Gasteiger partial charge is 0.266 e. The van der Waals surface area contributed by atoms with Crippen LogP contribution in [0, 0.1) is 5.92 Å². The third-order valence-electron chi connectivity index (χ3n) is 4.38. The molecule has 0 fully saturated rings. The van der Waals surface area contributed by atoms with Gasteiger partial charge in [0.25, 0.3) is 5.91 Å². The third kappa shape index (κ3) is 4.42. The molecule has 1 aromatic heterocycles. The Morgan fingerprint density at radius 2 is 2.05 bits per heavy atom. The summed E-state index contributed by atoms with van der Waals surface area (Å²) in [5.74, 6) is 0.744. The van der Waals surface area contributed by atoms with Crippen molar-refractivity contribution in [2.75, 3.05) is 0 Å². The minimum absolute atomic E-state index is 0.0443. The molecule has 0 saturated carbocycles. The zero-order valence-electron chi connectivity index (χ0n) is 14.1. The standard InChI is InChI=1S/C18H28N2OS/c1-4-7-15(8-5-2)19-20-18(21)17-12-14-11-13(6-3)9-10-16(14)22-17/h12-13H,4-11H2,1-3H3,(H,20,21)/t13-/m1/s1. The summed E-state index contributed by atoms with van der Waals surface area (Å²) in [6, 6.07) is 2.09. The lowest BCUT2D eigenvalue weighted by Crippen LogP contribution is -2.18. The Morgan fingerprint density at radius 1 is 1.32 bits per heavy atom. The summed E-state index contributed by atoms with van der Waals surface area (Å²) in [5, 5.41) is 4.34. The van der Waals surface area contributed by atoms with Crippen LogP contribution in [0.2, 0.25) is 0 Å². The van der Waals surface area contributed by atoms with Gasteiger partial charge in [-0.25, -0.2) is 5.43 Å². The van der Waals surface area contributed by atoms with Crippen LogP contribution in [-0.4, -0.2) is 11.6 Å². The van der Waals surface area contributed by atoms with Crippen molar-refractivity contribution < 1.29 is 4.79 Å². The zero-order chi connectivity index (χ0) is 15.9. The number of rotatable bonds is 7. The van der Waals surface area contributed by atoms with E-state index in [4.69, 9.17) is 0 Å². The number of carbonyl (C=O) groups excluding carboxylic acids is 1. The van der Waals surface area contributed by atoms with E-state index in [1.54, 1.807) is 11.3 Å². The number of hydrogen-bond acceptors (Lipinski definition) is 3. The molecule has 1 N–H and O–H groups in total. The topological polar surface area (TPSA) is 41.5 Å². The first-order valence-electron chi connectivity index (χ1n) is 8.65. The number of aryl methyl sites for hydroxylation is 1. The van der Waals surface area contributed by atoms with E-state index >= 15 is 0 Å². The van der Waals surface area contributed by atoms with E-state index in [0.717, 1.165) is 55.0 Å². The maximum absolute atomic E-state index is 12.3.